The monoisotopic (exact) mass is 289 g/mol. The minimum absolute atomic E-state index is 0.123. The summed E-state index contributed by atoms with van der Waals surface area (Å²) in [4.78, 5) is 21.9. The maximum absolute atomic E-state index is 13.0. The van der Waals surface area contributed by atoms with Gasteiger partial charge in [-0.2, -0.15) is 0 Å². The van der Waals surface area contributed by atoms with Crippen molar-refractivity contribution in [3.63, 3.8) is 0 Å². The topological polar surface area (TPSA) is 60.2 Å². The van der Waals surface area contributed by atoms with Crippen molar-refractivity contribution in [2.75, 3.05) is 0 Å². The van der Waals surface area contributed by atoms with Crippen LogP contribution in [0.4, 0.5) is 14.5 Å². The van der Waals surface area contributed by atoms with E-state index in [0.29, 0.717) is 0 Å². The van der Waals surface area contributed by atoms with Crippen LogP contribution in [0.3, 0.4) is 0 Å². The molecular weight excluding hydrogens is 280 g/mol. The molecular formula is C15H9F2NO3. The van der Waals surface area contributed by atoms with E-state index in [2.05, 4.69) is 0 Å². The lowest BCUT2D eigenvalue weighted by Gasteiger charge is -1.97. The van der Waals surface area contributed by atoms with Gasteiger partial charge in [0, 0.05) is 23.8 Å². The van der Waals surface area contributed by atoms with Gasteiger partial charge in [-0.25, -0.2) is 8.78 Å². The number of carbonyl (C=O) groups is 1. The molecule has 2 rings (SSSR count). The Kier molecular flexibility index (Phi) is 4.18. The molecule has 21 heavy (non-hydrogen) atoms. The van der Waals surface area contributed by atoms with Crippen molar-refractivity contribution in [3.8, 4) is 0 Å². The minimum atomic E-state index is -0.752. The van der Waals surface area contributed by atoms with Crippen molar-refractivity contribution < 1.29 is 18.5 Å². The summed E-state index contributed by atoms with van der Waals surface area (Å²) >= 11 is 0. The molecule has 0 bridgehead atoms. The molecule has 0 heterocycles. The van der Waals surface area contributed by atoms with E-state index in [1.165, 1.54) is 24.3 Å². The molecule has 0 spiro atoms. The van der Waals surface area contributed by atoms with E-state index in [0.717, 1.165) is 30.3 Å². The minimum Gasteiger partial charge on any atom is -0.289 e. The van der Waals surface area contributed by atoms with Crippen LogP contribution in [0, 0.1) is 21.7 Å². The highest BCUT2D eigenvalue weighted by atomic mass is 19.1. The van der Waals surface area contributed by atoms with Crippen LogP contribution in [-0.4, -0.2) is 10.7 Å². The van der Waals surface area contributed by atoms with Gasteiger partial charge in [-0.3, -0.25) is 14.9 Å². The lowest BCUT2D eigenvalue weighted by atomic mass is 10.1. The van der Waals surface area contributed by atoms with Crippen molar-refractivity contribution in [2.24, 2.45) is 0 Å². The highest BCUT2D eigenvalue weighted by Gasteiger charge is 2.09. The Hall–Kier alpha value is -2.89. The third kappa shape index (κ3) is 3.79. The molecule has 4 nitrogen and oxygen atoms in total. The number of hydrogen-bond donors (Lipinski definition) is 0. The molecule has 0 fully saturated rings. The van der Waals surface area contributed by atoms with Gasteiger partial charge in [-0.1, -0.05) is 18.2 Å². The van der Waals surface area contributed by atoms with Gasteiger partial charge in [0.15, 0.2) is 5.78 Å². The second-order valence-corrected chi connectivity index (χ2v) is 4.21. The molecule has 106 valence electrons. The van der Waals surface area contributed by atoms with Gasteiger partial charge in [-0.05, 0) is 23.8 Å². The number of halogens is 2. The summed E-state index contributed by atoms with van der Waals surface area (Å²) < 4.78 is 26.0. The maximum atomic E-state index is 13.0. The van der Waals surface area contributed by atoms with Crippen LogP contribution in [0.5, 0.6) is 0 Å². The van der Waals surface area contributed by atoms with Crippen LogP contribution < -0.4 is 0 Å². The first-order valence-corrected chi connectivity index (χ1v) is 5.88. The standard InChI is InChI=1S/C15H9F2NO3/c16-12-6-10(7-13(17)9-12)4-5-15(19)11-2-1-3-14(8-11)18(20)21/h1-9H. The summed E-state index contributed by atoms with van der Waals surface area (Å²) in [5, 5.41) is 10.6. The SMILES string of the molecule is O=C(C=Cc1cc(F)cc(F)c1)c1cccc([N+](=O)[O-])c1. The van der Waals surface area contributed by atoms with E-state index < -0.39 is 22.3 Å². The van der Waals surface area contributed by atoms with Gasteiger partial charge < -0.3 is 0 Å². The van der Waals surface area contributed by atoms with Crippen LogP contribution in [0.2, 0.25) is 0 Å². The molecule has 0 aliphatic heterocycles. The zero-order valence-electron chi connectivity index (χ0n) is 10.6. The number of ketones is 1. The molecule has 6 heteroatoms. The van der Waals surface area contributed by atoms with Crippen molar-refractivity contribution in [1.29, 1.82) is 0 Å². The largest absolute Gasteiger partial charge is 0.289 e. The molecule has 0 saturated carbocycles. The van der Waals surface area contributed by atoms with Crippen LogP contribution in [0.1, 0.15) is 15.9 Å². The number of hydrogen-bond acceptors (Lipinski definition) is 3. The highest BCUT2D eigenvalue weighted by molar-refractivity contribution is 6.07. The number of benzene rings is 2. The number of nitro groups is 1. The summed E-state index contributed by atoms with van der Waals surface area (Å²) in [5.74, 6) is -2.00. The predicted molar refractivity (Wildman–Crippen MR) is 72.8 cm³/mol. The highest BCUT2D eigenvalue weighted by Crippen LogP contribution is 2.15. The van der Waals surface area contributed by atoms with Crippen LogP contribution in [0.15, 0.2) is 48.5 Å². The average Bonchev–Trinajstić information content (AvgIpc) is 2.44. The summed E-state index contributed by atoms with van der Waals surface area (Å²) in [5.41, 5.74) is 0.106. The number of carbonyl (C=O) groups excluding carboxylic acids is 1. The summed E-state index contributed by atoms with van der Waals surface area (Å²) in [6.45, 7) is 0. The third-order valence-electron chi connectivity index (χ3n) is 2.65. The molecule has 0 aromatic heterocycles. The molecule has 0 radical (unpaired) electrons. The lowest BCUT2D eigenvalue weighted by molar-refractivity contribution is -0.384. The molecule has 0 atom stereocenters. The first-order chi connectivity index (χ1) is 9.95. The molecule has 0 aliphatic rings. The number of non-ortho nitro benzene ring substituents is 1. The van der Waals surface area contributed by atoms with Gasteiger partial charge in [-0.15, -0.1) is 0 Å². The Bertz CT molecular complexity index is 721. The number of nitrogens with zero attached hydrogens (tertiary/aromatic N) is 1. The maximum Gasteiger partial charge on any atom is 0.270 e. The summed E-state index contributed by atoms with van der Waals surface area (Å²) in [6, 6.07) is 8.08. The molecule has 0 N–H and O–H groups in total. The van der Waals surface area contributed by atoms with E-state index in [1.807, 2.05) is 0 Å². The fraction of sp³-hybridized carbons (Fsp3) is 0. The first-order valence-electron chi connectivity index (χ1n) is 5.88. The van der Waals surface area contributed by atoms with Gasteiger partial charge >= 0.3 is 0 Å². The van der Waals surface area contributed by atoms with E-state index in [1.54, 1.807) is 0 Å². The summed E-state index contributed by atoms with van der Waals surface area (Å²) in [7, 11) is 0. The van der Waals surface area contributed by atoms with Crippen LogP contribution in [0.25, 0.3) is 6.08 Å². The normalized spacial score (nSPS) is 10.8. The van der Waals surface area contributed by atoms with Crippen molar-refractivity contribution >= 4 is 17.5 Å². The number of rotatable bonds is 4. The predicted octanol–water partition coefficient (Wildman–Crippen LogP) is 3.77. The fourth-order valence-electron chi connectivity index (χ4n) is 1.71. The molecule has 0 aliphatic carbocycles. The smallest absolute Gasteiger partial charge is 0.270 e. The average molecular weight is 289 g/mol. The van der Waals surface area contributed by atoms with Gasteiger partial charge in [0.25, 0.3) is 5.69 Å². The lowest BCUT2D eigenvalue weighted by Crippen LogP contribution is -1.96. The van der Waals surface area contributed by atoms with Gasteiger partial charge in [0.05, 0.1) is 4.92 Å². The van der Waals surface area contributed by atoms with Gasteiger partial charge in [0.2, 0.25) is 0 Å². The van der Waals surface area contributed by atoms with Gasteiger partial charge in [0.1, 0.15) is 11.6 Å². The molecule has 0 saturated heterocycles. The van der Waals surface area contributed by atoms with E-state index in [4.69, 9.17) is 0 Å². The van der Waals surface area contributed by atoms with Crippen LogP contribution in [-0.2, 0) is 0 Å². The second-order valence-electron chi connectivity index (χ2n) is 4.21. The molecule has 0 unspecified atom stereocenters. The van der Waals surface area contributed by atoms with Crippen molar-refractivity contribution in [3.05, 3.63) is 81.4 Å². The quantitative estimate of drug-likeness (QED) is 0.372. The van der Waals surface area contributed by atoms with E-state index in [9.17, 15) is 23.7 Å². The number of nitro benzene ring substituents is 1. The van der Waals surface area contributed by atoms with E-state index in [-0.39, 0.29) is 16.8 Å². The van der Waals surface area contributed by atoms with Crippen LogP contribution >= 0.6 is 0 Å². The molecule has 2 aromatic carbocycles. The Morgan fingerprint density at radius 3 is 2.38 bits per heavy atom. The fourth-order valence-corrected chi connectivity index (χ4v) is 1.71. The zero-order valence-corrected chi connectivity index (χ0v) is 10.6. The summed E-state index contributed by atoms with van der Waals surface area (Å²) in [6.07, 6.45) is 2.35. The van der Waals surface area contributed by atoms with E-state index >= 15 is 0 Å². The zero-order chi connectivity index (χ0) is 15.4. The Morgan fingerprint density at radius 2 is 1.76 bits per heavy atom. The Labute approximate surface area is 118 Å². The van der Waals surface area contributed by atoms with Crippen molar-refractivity contribution in [2.45, 2.75) is 0 Å². The first kappa shape index (κ1) is 14.5. The Morgan fingerprint density at radius 1 is 1.10 bits per heavy atom. The number of allylic oxidation sites excluding steroid dienone is 1. The molecule has 0 amide bonds. The molecule has 2 aromatic rings. The second kappa shape index (κ2) is 6.04. The third-order valence-corrected chi connectivity index (χ3v) is 2.65. The Balaban J connectivity index is 2.23. The van der Waals surface area contributed by atoms with Crippen molar-refractivity contribution in [1.82, 2.24) is 0 Å².